The van der Waals surface area contributed by atoms with Crippen molar-refractivity contribution in [3.63, 3.8) is 0 Å². The largest absolute Gasteiger partial charge is 0.394 e. The molecule has 1 saturated carbocycles. The summed E-state index contributed by atoms with van der Waals surface area (Å²) in [7, 11) is 0. The fourth-order valence-electron chi connectivity index (χ4n) is 5.09. The van der Waals surface area contributed by atoms with Crippen LogP contribution in [0.5, 0.6) is 0 Å². The second-order valence-electron chi connectivity index (χ2n) is 10.3. The topological polar surface area (TPSA) is 317 Å². The van der Waals surface area contributed by atoms with E-state index < -0.39 is 104 Å². The van der Waals surface area contributed by atoms with E-state index in [1.54, 1.807) is 0 Å². The molecule has 0 radical (unpaired) electrons. The van der Waals surface area contributed by atoms with Crippen LogP contribution < -0.4 is 34.0 Å². The average Bonchev–Trinajstić information content (AvgIpc) is 2.89. The molecule has 0 aromatic heterocycles. The van der Waals surface area contributed by atoms with E-state index in [1.807, 2.05) is 0 Å². The highest BCUT2D eigenvalue weighted by Gasteiger charge is 2.51. The zero-order valence-corrected chi connectivity index (χ0v) is 21.5. The van der Waals surface area contributed by atoms with Gasteiger partial charge in [-0.2, -0.15) is 0 Å². The van der Waals surface area contributed by atoms with Gasteiger partial charge < -0.3 is 83.6 Å². The summed E-state index contributed by atoms with van der Waals surface area (Å²) in [4.78, 5) is 12.6. The molecule has 15 atom stereocenters. The van der Waals surface area contributed by atoms with Crippen molar-refractivity contribution in [3.05, 3.63) is 0 Å². The molecule has 15 unspecified atom stereocenters. The fourth-order valence-corrected chi connectivity index (χ4v) is 5.09. The van der Waals surface area contributed by atoms with Crippen molar-refractivity contribution in [2.75, 3.05) is 19.7 Å². The second-order valence-corrected chi connectivity index (χ2v) is 10.3. The van der Waals surface area contributed by atoms with Crippen LogP contribution in [0.3, 0.4) is 0 Å². The lowest BCUT2D eigenvalue weighted by Crippen LogP contribution is -2.69. The minimum Gasteiger partial charge on any atom is -0.394 e. The number of aliphatic hydroxyl groups excluding tert-OH is 6. The van der Waals surface area contributed by atoms with Crippen molar-refractivity contribution in [1.29, 1.82) is 0 Å². The Kier molecular flexibility index (Phi) is 11.8. The monoisotopic (exact) mass is 568 g/mol. The van der Waals surface area contributed by atoms with Gasteiger partial charge in [-0.15, -0.1) is 0 Å². The minimum absolute atomic E-state index is 0.00692. The highest BCUT2D eigenvalue weighted by Crippen LogP contribution is 2.31. The zero-order chi connectivity index (χ0) is 29.0. The molecule has 1 amide bonds. The first kappa shape index (κ1) is 32.4. The predicted molar refractivity (Wildman–Crippen MR) is 132 cm³/mol. The third-order valence-electron chi connectivity index (χ3n) is 7.44. The molecule has 3 fully saturated rings. The van der Waals surface area contributed by atoms with Gasteiger partial charge in [0.15, 0.2) is 12.6 Å². The summed E-state index contributed by atoms with van der Waals surface area (Å²) in [6.07, 6.45) is -13.9. The van der Waals surface area contributed by atoms with Crippen LogP contribution in [0.25, 0.3) is 0 Å². The van der Waals surface area contributed by atoms with E-state index in [0.29, 0.717) is 0 Å². The lowest BCUT2D eigenvalue weighted by molar-refractivity contribution is -0.315. The molecule has 0 aromatic rings. The average molecular weight is 569 g/mol. The molecule has 228 valence electrons. The predicted octanol–water partition coefficient (Wildman–Crippen LogP) is -7.43. The minimum atomic E-state index is -1.58. The van der Waals surface area contributed by atoms with E-state index in [1.165, 1.54) is 0 Å². The molecule has 3 rings (SSSR count). The number of ether oxygens (including phenoxy) is 4. The summed E-state index contributed by atoms with van der Waals surface area (Å²) in [5, 5.41) is 64.4. The maximum absolute atomic E-state index is 12.6. The van der Waals surface area contributed by atoms with Crippen molar-refractivity contribution in [1.82, 2.24) is 5.32 Å². The van der Waals surface area contributed by atoms with Crippen molar-refractivity contribution < 1.29 is 54.4 Å². The third-order valence-corrected chi connectivity index (χ3v) is 7.44. The maximum atomic E-state index is 12.6. The number of hydrogen-bond donors (Lipinski definition) is 12. The van der Waals surface area contributed by atoms with Gasteiger partial charge in [-0.05, 0) is 25.8 Å². The Morgan fingerprint density at radius 1 is 0.897 bits per heavy atom. The number of rotatable bonds is 10. The lowest BCUT2D eigenvalue weighted by Gasteiger charge is -2.48. The molecule has 1 aliphatic carbocycles. The van der Waals surface area contributed by atoms with Crippen molar-refractivity contribution in [2.45, 2.75) is 111 Å². The summed E-state index contributed by atoms with van der Waals surface area (Å²) in [5.74, 6) is -0.791. The number of carbonyl (C=O) groups is 1. The fraction of sp³-hybridized carbons (Fsp3) is 0.955. The van der Waals surface area contributed by atoms with Gasteiger partial charge in [-0.3, -0.25) is 4.79 Å². The Morgan fingerprint density at radius 3 is 2.15 bits per heavy atom. The van der Waals surface area contributed by atoms with E-state index in [9.17, 15) is 35.4 Å². The van der Waals surface area contributed by atoms with Gasteiger partial charge in [0.1, 0.15) is 42.7 Å². The Balaban J connectivity index is 1.83. The first-order valence-electron chi connectivity index (χ1n) is 13.0. The number of nitrogens with two attached hydrogens (primary N) is 5. The quantitative estimate of drug-likeness (QED) is 0.116. The molecular weight excluding hydrogens is 524 g/mol. The Morgan fingerprint density at radius 2 is 1.54 bits per heavy atom. The van der Waals surface area contributed by atoms with Gasteiger partial charge in [0.05, 0.1) is 36.9 Å². The Bertz CT molecular complexity index is 787. The van der Waals surface area contributed by atoms with Gasteiger partial charge in [-0.1, -0.05) is 0 Å². The number of carbonyl (C=O) groups excluding carboxylic acids is 1. The molecule has 3 aliphatic rings. The number of aliphatic hydroxyl groups is 6. The van der Waals surface area contributed by atoms with Gasteiger partial charge in [0.25, 0.3) is 0 Å². The van der Waals surface area contributed by atoms with Gasteiger partial charge in [-0.25, -0.2) is 0 Å². The van der Waals surface area contributed by atoms with Gasteiger partial charge >= 0.3 is 0 Å². The normalized spacial score (nSPS) is 46.0. The first-order valence-corrected chi connectivity index (χ1v) is 13.0. The number of amides is 1. The molecule has 39 heavy (non-hydrogen) atoms. The SMILES string of the molecule is NCCC(O)C(=O)NC1CC(N)C(OC2OC(CN)C(O)CC2N)C(O)C1OC1OC(CO)C(O)C(N)C1O. The highest BCUT2D eigenvalue weighted by molar-refractivity contribution is 5.80. The summed E-state index contributed by atoms with van der Waals surface area (Å²) in [5.41, 5.74) is 29.4. The molecule has 2 saturated heterocycles. The lowest BCUT2D eigenvalue weighted by atomic mass is 9.83. The van der Waals surface area contributed by atoms with Crippen molar-refractivity contribution >= 4 is 5.91 Å². The Hall–Kier alpha value is -1.13. The second kappa shape index (κ2) is 14.2. The van der Waals surface area contributed by atoms with Crippen molar-refractivity contribution in [2.24, 2.45) is 28.7 Å². The molecule has 2 aliphatic heterocycles. The van der Waals surface area contributed by atoms with Crippen LogP contribution in [0.2, 0.25) is 0 Å². The van der Waals surface area contributed by atoms with Crippen molar-refractivity contribution in [3.8, 4) is 0 Å². The van der Waals surface area contributed by atoms with E-state index in [2.05, 4.69) is 5.32 Å². The summed E-state index contributed by atoms with van der Waals surface area (Å²) >= 11 is 0. The van der Waals surface area contributed by atoms with Crippen LogP contribution in [0.4, 0.5) is 0 Å². The molecule has 0 bridgehead atoms. The summed E-state index contributed by atoms with van der Waals surface area (Å²) in [6, 6.07) is -3.95. The van der Waals surface area contributed by atoms with Crippen LogP contribution in [0.15, 0.2) is 0 Å². The zero-order valence-electron chi connectivity index (χ0n) is 21.5. The third kappa shape index (κ3) is 7.39. The van der Waals surface area contributed by atoms with Gasteiger partial charge in [0.2, 0.25) is 5.91 Å². The molecule has 0 aromatic carbocycles. The van der Waals surface area contributed by atoms with Crippen LogP contribution in [-0.4, -0.2) is 148 Å². The number of hydrogen-bond acceptors (Lipinski definition) is 16. The van der Waals surface area contributed by atoms with E-state index in [-0.39, 0.29) is 32.4 Å². The van der Waals surface area contributed by atoms with Crippen LogP contribution in [-0.2, 0) is 23.7 Å². The standard InChI is InChI=1S/C22H44N6O11/c23-2-1-10(30)20(35)28-9-3-7(25)18(38-21-8(26)4-11(31)12(5-24)36-21)17(34)19(9)39-22-16(33)14(27)15(32)13(6-29)37-22/h7-19,21-22,29-34H,1-6,23-27H2,(H,28,35). The van der Waals surface area contributed by atoms with E-state index in [4.69, 9.17) is 47.6 Å². The van der Waals surface area contributed by atoms with Crippen LogP contribution in [0, 0.1) is 0 Å². The van der Waals surface area contributed by atoms with E-state index >= 15 is 0 Å². The molecule has 17 heteroatoms. The highest BCUT2D eigenvalue weighted by atomic mass is 16.7. The maximum Gasteiger partial charge on any atom is 0.249 e. The van der Waals surface area contributed by atoms with E-state index in [0.717, 1.165) is 0 Å². The first-order chi connectivity index (χ1) is 18.4. The van der Waals surface area contributed by atoms with Crippen LogP contribution in [0.1, 0.15) is 19.3 Å². The van der Waals surface area contributed by atoms with Crippen LogP contribution >= 0.6 is 0 Å². The molecule has 17 nitrogen and oxygen atoms in total. The van der Waals surface area contributed by atoms with Gasteiger partial charge in [0, 0.05) is 12.6 Å². The molecule has 2 heterocycles. The molecule has 17 N–H and O–H groups in total. The molecular formula is C22H44N6O11. The number of nitrogens with one attached hydrogen (secondary N) is 1. The Labute approximate surface area is 225 Å². The summed E-state index contributed by atoms with van der Waals surface area (Å²) < 4.78 is 23.0. The molecule has 0 spiro atoms. The summed E-state index contributed by atoms with van der Waals surface area (Å²) in [6.45, 7) is -0.600. The smallest absolute Gasteiger partial charge is 0.249 e.